The zero-order valence-corrected chi connectivity index (χ0v) is 11.6. The lowest BCUT2D eigenvalue weighted by atomic mass is 9.83. The molecule has 0 aromatic carbocycles. The van der Waals surface area contributed by atoms with Crippen molar-refractivity contribution in [2.75, 3.05) is 19.6 Å². The summed E-state index contributed by atoms with van der Waals surface area (Å²) in [5.41, 5.74) is -1.34. The van der Waals surface area contributed by atoms with Crippen molar-refractivity contribution in [1.82, 2.24) is 10.2 Å². The van der Waals surface area contributed by atoms with E-state index in [0.717, 1.165) is 38.6 Å². The van der Waals surface area contributed by atoms with Gasteiger partial charge < -0.3 is 10.4 Å². The predicted octanol–water partition coefficient (Wildman–Crippen LogP) is 0.786. The molecule has 0 spiro atoms. The molecule has 1 aliphatic heterocycles. The molecule has 0 aromatic heterocycles. The fourth-order valence-corrected chi connectivity index (χ4v) is 3.10. The van der Waals surface area contributed by atoms with Crippen LogP contribution in [0.2, 0.25) is 0 Å². The van der Waals surface area contributed by atoms with Gasteiger partial charge in [-0.05, 0) is 26.2 Å². The molecule has 106 valence electrons. The first-order chi connectivity index (χ1) is 8.95. The third-order valence-electron chi connectivity index (χ3n) is 4.20. The van der Waals surface area contributed by atoms with Crippen LogP contribution >= 0.6 is 0 Å². The molecule has 0 bridgehead atoms. The summed E-state index contributed by atoms with van der Waals surface area (Å²) < 4.78 is 0. The van der Waals surface area contributed by atoms with E-state index in [1.54, 1.807) is 6.92 Å². The van der Waals surface area contributed by atoms with Gasteiger partial charge in [0.2, 0.25) is 5.91 Å². The second kappa shape index (κ2) is 5.48. The van der Waals surface area contributed by atoms with Crippen molar-refractivity contribution in [3.05, 3.63) is 0 Å². The van der Waals surface area contributed by atoms with Crippen LogP contribution in [0.4, 0.5) is 0 Å². The lowest BCUT2D eigenvalue weighted by Crippen LogP contribution is -2.51. The number of nitrogens with zero attached hydrogens (tertiary/aromatic N) is 2. The first-order valence-corrected chi connectivity index (χ1v) is 7.12. The minimum absolute atomic E-state index is 0.0962. The molecule has 0 aromatic rings. The minimum Gasteiger partial charge on any atom is -0.389 e. The van der Waals surface area contributed by atoms with Gasteiger partial charge in [-0.3, -0.25) is 9.69 Å². The molecule has 2 aliphatic rings. The van der Waals surface area contributed by atoms with Gasteiger partial charge >= 0.3 is 0 Å². The molecular weight excluding hydrogens is 242 g/mol. The summed E-state index contributed by atoms with van der Waals surface area (Å²) in [7, 11) is 0. The number of amides is 1. The summed E-state index contributed by atoms with van der Waals surface area (Å²) in [6.07, 6.45) is 5.37. The molecule has 19 heavy (non-hydrogen) atoms. The van der Waals surface area contributed by atoms with E-state index in [1.807, 2.05) is 4.90 Å². The van der Waals surface area contributed by atoms with Gasteiger partial charge in [0, 0.05) is 13.1 Å². The molecule has 2 N–H and O–H groups in total. The van der Waals surface area contributed by atoms with Crippen molar-refractivity contribution < 1.29 is 9.90 Å². The van der Waals surface area contributed by atoms with Gasteiger partial charge in [-0.2, -0.15) is 5.26 Å². The summed E-state index contributed by atoms with van der Waals surface area (Å²) in [5, 5.41) is 22.1. The van der Waals surface area contributed by atoms with E-state index in [2.05, 4.69) is 11.4 Å². The van der Waals surface area contributed by atoms with E-state index in [4.69, 9.17) is 0 Å². The van der Waals surface area contributed by atoms with Gasteiger partial charge in [-0.15, -0.1) is 0 Å². The Bertz CT molecular complexity index is 381. The Morgan fingerprint density at radius 1 is 1.37 bits per heavy atom. The van der Waals surface area contributed by atoms with Gasteiger partial charge in [0.05, 0.1) is 18.2 Å². The first-order valence-electron chi connectivity index (χ1n) is 7.12. The fourth-order valence-electron chi connectivity index (χ4n) is 3.10. The summed E-state index contributed by atoms with van der Waals surface area (Å²) in [4.78, 5) is 14.0. The fraction of sp³-hybridized carbons (Fsp3) is 0.857. The SMILES string of the molecule is CC1(O)CCN(CC(=O)NC2(C#N)CCCCC2)C1. The Kier molecular flexibility index (Phi) is 4.12. The molecule has 1 amide bonds. The van der Waals surface area contributed by atoms with E-state index in [-0.39, 0.29) is 12.5 Å². The molecule has 1 atom stereocenters. The van der Waals surface area contributed by atoms with Crippen molar-refractivity contribution in [1.29, 1.82) is 5.26 Å². The number of nitriles is 1. The number of carbonyl (C=O) groups is 1. The maximum atomic E-state index is 12.1. The molecule has 1 saturated heterocycles. The van der Waals surface area contributed by atoms with Crippen molar-refractivity contribution in [2.24, 2.45) is 0 Å². The third kappa shape index (κ3) is 3.68. The molecule has 1 unspecified atom stereocenters. The minimum atomic E-state index is -0.683. The standard InChI is InChI=1S/C14H23N3O2/c1-13(19)7-8-17(11-13)9-12(18)16-14(10-15)5-3-2-4-6-14/h19H,2-9,11H2,1H3,(H,16,18). The highest BCUT2D eigenvalue weighted by atomic mass is 16.3. The highest BCUT2D eigenvalue weighted by Gasteiger charge is 2.36. The van der Waals surface area contributed by atoms with Crippen molar-refractivity contribution in [3.63, 3.8) is 0 Å². The monoisotopic (exact) mass is 265 g/mol. The molecule has 2 rings (SSSR count). The van der Waals surface area contributed by atoms with Crippen molar-refractivity contribution in [3.8, 4) is 6.07 Å². The van der Waals surface area contributed by atoms with E-state index in [1.165, 1.54) is 0 Å². The smallest absolute Gasteiger partial charge is 0.235 e. The maximum Gasteiger partial charge on any atom is 0.235 e. The quantitative estimate of drug-likeness (QED) is 0.791. The highest BCUT2D eigenvalue weighted by molar-refractivity contribution is 5.79. The Morgan fingerprint density at radius 2 is 2.05 bits per heavy atom. The van der Waals surface area contributed by atoms with E-state index < -0.39 is 11.1 Å². The van der Waals surface area contributed by atoms with Gasteiger partial charge in [0.15, 0.2) is 0 Å². The molecule has 1 saturated carbocycles. The van der Waals surface area contributed by atoms with Gasteiger partial charge in [-0.25, -0.2) is 0 Å². The van der Waals surface area contributed by atoms with Crippen LogP contribution < -0.4 is 5.32 Å². The summed E-state index contributed by atoms with van der Waals surface area (Å²) >= 11 is 0. The molecular formula is C14H23N3O2. The number of aliphatic hydroxyl groups is 1. The largest absolute Gasteiger partial charge is 0.389 e. The molecule has 5 nitrogen and oxygen atoms in total. The Hall–Kier alpha value is -1.12. The first kappa shape index (κ1) is 14.3. The van der Waals surface area contributed by atoms with Crippen LogP contribution in [0, 0.1) is 11.3 Å². The van der Waals surface area contributed by atoms with E-state index in [9.17, 15) is 15.2 Å². The molecule has 1 heterocycles. The van der Waals surface area contributed by atoms with Crippen LogP contribution in [-0.4, -0.2) is 46.7 Å². The third-order valence-corrected chi connectivity index (χ3v) is 4.20. The van der Waals surface area contributed by atoms with Gasteiger partial charge in [0.25, 0.3) is 0 Å². The normalized spacial score (nSPS) is 30.8. The van der Waals surface area contributed by atoms with Gasteiger partial charge in [-0.1, -0.05) is 19.3 Å². The van der Waals surface area contributed by atoms with Crippen LogP contribution in [0.1, 0.15) is 45.4 Å². The van der Waals surface area contributed by atoms with Crippen LogP contribution in [0.25, 0.3) is 0 Å². The zero-order valence-electron chi connectivity index (χ0n) is 11.6. The predicted molar refractivity (Wildman–Crippen MR) is 71.3 cm³/mol. The van der Waals surface area contributed by atoms with Crippen molar-refractivity contribution >= 4 is 5.91 Å². The second-order valence-electron chi connectivity index (χ2n) is 6.26. The summed E-state index contributed by atoms with van der Waals surface area (Å²) in [6, 6.07) is 2.29. The number of nitrogens with one attached hydrogen (secondary N) is 1. The van der Waals surface area contributed by atoms with Crippen LogP contribution in [0.5, 0.6) is 0 Å². The lowest BCUT2D eigenvalue weighted by molar-refractivity contribution is -0.123. The number of likely N-dealkylation sites (tertiary alicyclic amines) is 1. The Balaban J connectivity index is 1.85. The summed E-state index contributed by atoms with van der Waals surface area (Å²) in [6.45, 7) is 3.34. The number of rotatable bonds is 3. The summed E-state index contributed by atoms with van der Waals surface area (Å²) in [5.74, 6) is -0.0962. The Labute approximate surface area is 114 Å². The van der Waals surface area contributed by atoms with Crippen LogP contribution in [-0.2, 0) is 4.79 Å². The van der Waals surface area contributed by atoms with Crippen molar-refractivity contribution in [2.45, 2.75) is 56.6 Å². The van der Waals surface area contributed by atoms with Gasteiger partial charge in [0.1, 0.15) is 5.54 Å². The topological polar surface area (TPSA) is 76.4 Å². The molecule has 0 radical (unpaired) electrons. The second-order valence-corrected chi connectivity index (χ2v) is 6.26. The number of carbonyl (C=O) groups excluding carboxylic acids is 1. The lowest BCUT2D eigenvalue weighted by Gasteiger charge is -2.32. The average molecular weight is 265 g/mol. The zero-order chi connectivity index (χ0) is 13.9. The average Bonchev–Trinajstić information content (AvgIpc) is 2.69. The van der Waals surface area contributed by atoms with E-state index in [0.29, 0.717) is 13.0 Å². The number of hydrogen-bond donors (Lipinski definition) is 2. The highest BCUT2D eigenvalue weighted by Crippen LogP contribution is 2.27. The van der Waals surface area contributed by atoms with Crippen LogP contribution in [0.15, 0.2) is 0 Å². The molecule has 2 fully saturated rings. The molecule has 1 aliphatic carbocycles. The molecule has 5 heteroatoms. The number of hydrogen-bond acceptors (Lipinski definition) is 4. The Morgan fingerprint density at radius 3 is 2.58 bits per heavy atom. The maximum absolute atomic E-state index is 12.1. The number of β-amino-alcohol motifs (C(OH)–C–C–N with tert-alkyl or cyclic N) is 1. The van der Waals surface area contributed by atoms with Crippen LogP contribution in [0.3, 0.4) is 0 Å². The van der Waals surface area contributed by atoms with E-state index >= 15 is 0 Å².